The number of anilines is 1. The average molecular weight is 350 g/mol. The molecule has 3 atom stereocenters. The van der Waals surface area contributed by atoms with Crippen molar-refractivity contribution in [3.63, 3.8) is 0 Å². The molecule has 2 fully saturated rings. The molecule has 0 bridgehead atoms. The van der Waals surface area contributed by atoms with Crippen molar-refractivity contribution in [3.05, 3.63) is 24.0 Å². The topological polar surface area (TPSA) is 95.3 Å². The third-order valence-corrected chi connectivity index (χ3v) is 4.51. The van der Waals surface area contributed by atoms with Crippen molar-refractivity contribution in [3.8, 4) is 6.07 Å². The van der Waals surface area contributed by atoms with Gasteiger partial charge in [0.1, 0.15) is 6.07 Å². The van der Waals surface area contributed by atoms with Crippen LogP contribution < -0.4 is 5.32 Å². The normalized spacial score (nSPS) is 25.4. The Hall–Kier alpha value is -2.60. The molecule has 3 rings (SSSR count). The summed E-state index contributed by atoms with van der Waals surface area (Å²) in [5.41, 5.74) is 0.553. The summed E-state index contributed by atoms with van der Waals surface area (Å²) < 4.78 is 32.0. The number of hydrogen-bond donors (Lipinski definition) is 1. The molecule has 2 aliphatic rings. The van der Waals surface area contributed by atoms with Gasteiger partial charge in [-0.3, -0.25) is 14.6 Å². The second-order valence-corrected chi connectivity index (χ2v) is 6.26. The number of alkyl halides is 2. The number of aromatic nitrogens is 1. The number of pyridine rings is 1. The molecule has 0 radical (unpaired) electrons. The molecule has 1 aromatic rings. The molecule has 2 saturated heterocycles. The zero-order valence-electron chi connectivity index (χ0n) is 13.4. The molecule has 0 unspecified atom stereocenters. The smallest absolute Gasteiger partial charge is 0.322 e. The molecular formula is C16H16F2N4O3. The van der Waals surface area contributed by atoms with Crippen LogP contribution in [-0.2, 0) is 14.3 Å². The van der Waals surface area contributed by atoms with Crippen LogP contribution in [0, 0.1) is 23.2 Å². The molecule has 0 spiro atoms. The largest absolute Gasteiger partial charge is 0.375 e. The quantitative estimate of drug-likeness (QED) is 0.878. The van der Waals surface area contributed by atoms with E-state index < -0.39 is 23.9 Å². The van der Waals surface area contributed by atoms with Gasteiger partial charge in [0.25, 0.3) is 5.91 Å². The highest BCUT2D eigenvalue weighted by molar-refractivity contribution is 5.94. The first-order valence-electron chi connectivity index (χ1n) is 7.75. The van der Waals surface area contributed by atoms with Crippen LogP contribution in [0.2, 0.25) is 0 Å². The van der Waals surface area contributed by atoms with Crippen LogP contribution in [0.5, 0.6) is 0 Å². The Balaban J connectivity index is 1.69. The molecule has 132 valence electrons. The third kappa shape index (κ3) is 3.30. The Kier molecular flexibility index (Phi) is 4.39. The number of carbonyl (C=O) groups is 2. The van der Waals surface area contributed by atoms with E-state index in [1.807, 2.05) is 6.07 Å². The lowest BCUT2D eigenvalue weighted by Crippen LogP contribution is -2.42. The Bertz CT molecular complexity index is 744. The fourth-order valence-electron chi connectivity index (χ4n) is 3.24. The van der Waals surface area contributed by atoms with Gasteiger partial charge in [0, 0.05) is 32.1 Å². The lowest BCUT2D eigenvalue weighted by atomic mass is 9.92. The van der Waals surface area contributed by atoms with Gasteiger partial charge in [-0.05, 0) is 6.07 Å². The van der Waals surface area contributed by atoms with E-state index in [1.165, 1.54) is 18.5 Å². The maximum atomic E-state index is 13.2. The first-order chi connectivity index (χ1) is 11.8. The van der Waals surface area contributed by atoms with Gasteiger partial charge >= 0.3 is 5.92 Å². The standard InChI is InChI=1S/C16H16F2N4O3/c1-16(17,18)15(24)22-6-10-11(8-25-13(10)7-22)14(23)21-12-5-20-3-2-9(12)4-19/h2-3,5,10-11,13H,6-8H2,1H3,(H,21,23)/t10-,11+,13-/m0/s1. The van der Waals surface area contributed by atoms with Crippen molar-refractivity contribution in [1.29, 1.82) is 5.26 Å². The van der Waals surface area contributed by atoms with Gasteiger partial charge in [-0.2, -0.15) is 14.0 Å². The van der Waals surface area contributed by atoms with Crippen LogP contribution in [0.1, 0.15) is 12.5 Å². The minimum Gasteiger partial charge on any atom is -0.375 e. The van der Waals surface area contributed by atoms with E-state index in [-0.39, 0.29) is 42.8 Å². The molecule has 1 aromatic heterocycles. The molecule has 2 amide bonds. The molecule has 0 aliphatic carbocycles. The highest BCUT2D eigenvalue weighted by Crippen LogP contribution is 2.36. The summed E-state index contributed by atoms with van der Waals surface area (Å²) >= 11 is 0. The van der Waals surface area contributed by atoms with E-state index in [1.54, 1.807) is 0 Å². The van der Waals surface area contributed by atoms with E-state index >= 15 is 0 Å². The summed E-state index contributed by atoms with van der Waals surface area (Å²) in [6, 6.07) is 3.43. The number of ether oxygens (including phenoxy) is 1. The first-order valence-corrected chi connectivity index (χ1v) is 7.75. The molecule has 25 heavy (non-hydrogen) atoms. The SMILES string of the molecule is CC(F)(F)C(=O)N1C[C@@H]2[C@H](C1)OC[C@H]2C(=O)Nc1cnccc1C#N. The van der Waals surface area contributed by atoms with Crippen LogP contribution in [0.3, 0.4) is 0 Å². The van der Waals surface area contributed by atoms with E-state index in [9.17, 15) is 18.4 Å². The van der Waals surface area contributed by atoms with E-state index in [2.05, 4.69) is 10.3 Å². The molecule has 0 aromatic carbocycles. The van der Waals surface area contributed by atoms with Gasteiger partial charge in [-0.25, -0.2) is 0 Å². The summed E-state index contributed by atoms with van der Waals surface area (Å²) in [4.78, 5) is 29.2. The number of rotatable bonds is 3. The first kappa shape index (κ1) is 17.2. The molecule has 3 heterocycles. The van der Waals surface area contributed by atoms with Gasteiger partial charge < -0.3 is 15.0 Å². The molecule has 9 heteroatoms. The molecule has 7 nitrogen and oxygen atoms in total. The predicted octanol–water partition coefficient (Wildman–Crippen LogP) is 1.02. The monoisotopic (exact) mass is 350 g/mol. The summed E-state index contributed by atoms with van der Waals surface area (Å²) in [7, 11) is 0. The van der Waals surface area contributed by atoms with Crippen molar-refractivity contribution in [2.45, 2.75) is 19.0 Å². The van der Waals surface area contributed by atoms with Crippen LogP contribution in [0.15, 0.2) is 18.5 Å². The lowest BCUT2D eigenvalue weighted by molar-refractivity contribution is -0.154. The molecule has 2 aliphatic heterocycles. The van der Waals surface area contributed by atoms with Crippen LogP contribution in [0.4, 0.5) is 14.5 Å². The predicted molar refractivity (Wildman–Crippen MR) is 81.5 cm³/mol. The highest BCUT2D eigenvalue weighted by Gasteiger charge is 2.50. The number of hydrogen-bond acceptors (Lipinski definition) is 5. The maximum Gasteiger partial charge on any atom is 0.322 e. The number of halogens is 2. The van der Waals surface area contributed by atoms with Crippen LogP contribution in [0.25, 0.3) is 0 Å². The Morgan fingerprint density at radius 3 is 2.92 bits per heavy atom. The van der Waals surface area contributed by atoms with Crippen LogP contribution in [-0.4, -0.2) is 53.4 Å². The molecule has 1 N–H and O–H groups in total. The maximum absolute atomic E-state index is 13.2. The number of likely N-dealkylation sites (tertiary alicyclic amines) is 1. The van der Waals surface area contributed by atoms with Gasteiger partial charge in [0.05, 0.1) is 36.1 Å². The summed E-state index contributed by atoms with van der Waals surface area (Å²) in [5.74, 6) is -6.03. The minimum absolute atomic E-state index is 0.0448. The second kappa shape index (κ2) is 6.37. The van der Waals surface area contributed by atoms with Gasteiger partial charge in [0.15, 0.2) is 0 Å². The Labute approximate surface area is 142 Å². The highest BCUT2D eigenvalue weighted by atomic mass is 19.3. The number of carbonyl (C=O) groups excluding carboxylic acids is 2. The number of nitriles is 1. The van der Waals surface area contributed by atoms with E-state index in [0.29, 0.717) is 6.92 Å². The number of nitrogens with zero attached hydrogens (tertiary/aromatic N) is 3. The second-order valence-electron chi connectivity index (χ2n) is 6.26. The number of fused-ring (bicyclic) bond motifs is 1. The lowest BCUT2D eigenvalue weighted by Gasteiger charge is -2.22. The fraction of sp³-hybridized carbons (Fsp3) is 0.500. The zero-order chi connectivity index (χ0) is 18.2. The molecule has 0 saturated carbocycles. The van der Waals surface area contributed by atoms with Crippen molar-refractivity contribution in [1.82, 2.24) is 9.88 Å². The average Bonchev–Trinajstić information content (AvgIpc) is 3.13. The Morgan fingerprint density at radius 1 is 1.48 bits per heavy atom. The van der Waals surface area contributed by atoms with Crippen molar-refractivity contribution < 1.29 is 23.1 Å². The van der Waals surface area contributed by atoms with Gasteiger partial charge in [0.2, 0.25) is 5.91 Å². The van der Waals surface area contributed by atoms with Gasteiger partial charge in [-0.15, -0.1) is 0 Å². The summed E-state index contributed by atoms with van der Waals surface area (Å²) in [5, 5.41) is 11.7. The number of amides is 2. The Morgan fingerprint density at radius 2 is 2.24 bits per heavy atom. The van der Waals surface area contributed by atoms with E-state index in [0.717, 1.165) is 4.90 Å². The number of nitrogens with one attached hydrogen (secondary N) is 1. The summed E-state index contributed by atoms with van der Waals surface area (Å²) in [6.07, 6.45) is 2.37. The fourth-order valence-corrected chi connectivity index (χ4v) is 3.24. The summed E-state index contributed by atoms with van der Waals surface area (Å²) in [6.45, 7) is 0.796. The van der Waals surface area contributed by atoms with Gasteiger partial charge in [-0.1, -0.05) is 0 Å². The van der Waals surface area contributed by atoms with E-state index in [4.69, 9.17) is 10.00 Å². The van der Waals surface area contributed by atoms with Crippen molar-refractivity contribution >= 4 is 17.5 Å². The third-order valence-electron chi connectivity index (χ3n) is 4.51. The van der Waals surface area contributed by atoms with Crippen LogP contribution >= 0.6 is 0 Å². The molecular weight excluding hydrogens is 334 g/mol. The minimum atomic E-state index is -3.45. The van der Waals surface area contributed by atoms with Crippen molar-refractivity contribution in [2.24, 2.45) is 11.8 Å². The van der Waals surface area contributed by atoms with Crippen molar-refractivity contribution in [2.75, 3.05) is 25.0 Å². The zero-order valence-corrected chi connectivity index (χ0v) is 13.4.